The van der Waals surface area contributed by atoms with Gasteiger partial charge in [0.25, 0.3) is 5.69 Å². The summed E-state index contributed by atoms with van der Waals surface area (Å²) in [6.45, 7) is 8.10. The zero-order valence-corrected chi connectivity index (χ0v) is 22.2. The molecule has 0 bridgehead atoms. The molecule has 38 heavy (non-hydrogen) atoms. The summed E-state index contributed by atoms with van der Waals surface area (Å²) in [4.78, 5) is 39.6. The highest BCUT2D eigenvalue weighted by Crippen LogP contribution is 2.31. The van der Waals surface area contributed by atoms with E-state index in [1.165, 1.54) is 18.2 Å². The molecule has 0 aliphatic carbocycles. The van der Waals surface area contributed by atoms with Crippen molar-refractivity contribution in [1.82, 2.24) is 4.90 Å². The van der Waals surface area contributed by atoms with Gasteiger partial charge in [0.15, 0.2) is 0 Å². The molecule has 2 aromatic carbocycles. The Morgan fingerprint density at radius 3 is 2.47 bits per heavy atom. The number of hydrogen-bond acceptors (Lipinski definition) is 6. The fourth-order valence-electron chi connectivity index (χ4n) is 4.37. The average Bonchev–Trinajstić information content (AvgIpc) is 3.36. The van der Waals surface area contributed by atoms with Gasteiger partial charge in [0.05, 0.1) is 16.3 Å². The van der Waals surface area contributed by atoms with E-state index in [1.54, 1.807) is 43.3 Å². The fraction of sp³-hybridized carbons (Fsp3) is 0.286. The second-order valence-electron chi connectivity index (χ2n) is 9.41. The van der Waals surface area contributed by atoms with Crippen molar-refractivity contribution in [2.45, 2.75) is 20.8 Å². The maximum atomic E-state index is 12.8. The Labute approximate surface area is 225 Å². The van der Waals surface area contributed by atoms with Crippen LogP contribution in [0.3, 0.4) is 0 Å². The Bertz CT molecular complexity index is 1390. The van der Waals surface area contributed by atoms with Crippen molar-refractivity contribution in [2.24, 2.45) is 5.92 Å². The minimum Gasteiger partial charge on any atom is -0.457 e. The van der Waals surface area contributed by atoms with Crippen LogP contribution in [0.5, 0.6) is 0 Å². The number of halogens is 1. The first kappa shape index (κ1) is 26.9. The molecule has 10 heteroatoms. The Balaban J connectivity index is 1.43. The minimum atomic E-state index is -0.440. The number of hydrogen-bond donors (Lipinski definition) is 1. The van der Waals surface area contributed by atoms with Crippen LogP contribution in [0.25, 0.3) is 17.4 Å². The molecule has 0 spiro atoms. The van der Waals surface area contributed by atoms with Gasteiger partial charge in [-0.25, -0.2) is 0 Å². The quantitative estimate of drug-likeness (QED) is 0.233. The summed E-state index contributed by atoms with van der Waals surface area (Å²) in [5, 5.41) is 14.4. The van der Waals surface area contributed by atoms with Crippen LogP contribution in [0.15, 0.2) is 59.0 Å². The molecular weight excluding hydrogens is 508 g/mol. The number of benzene rings is 2. The normalized spacial score (nSPS) is 13.8. The number of rotatable bonds is 7. The lowest BCUT2D eigenvalue weighted by Gasteiger charge is -2.37. The lowest BCUT2D eigenvalue weighted by Crippen LogP contribution is -2.50. The third kappa shape index (κ3) is 6.23. The number of nitro benzene ring substituents is 1. The van der Waals surface area contributed by atoms with Gasteiger partial charge in [-0.05, 0) is 55.0 Å². The number of furan rings is 1. The van der Waals surface area contributed by atoms with Crippen LogP contribution >= 0.6 is 11.6 Å². The molecule has 0 unspecified atom stereocenters. The Hall–Kier alpha value is -4.11. The van der Waals surface area contributed by atoms with E-state index < -0.39 is 4.92 Å². The lowest BCUT2D eigenvalue weighted by atomic mass is 10.1. The maximum Gasteiger partial charge on any atom is 0.269 e. The van der Waals surface area contributed by atoms with E-state index in [4.69, 9.17) is 16.0 Å². The Morgan fingerprint density at radius 1 is 1.08 bits per heavy atom. The molecule has 198 valence electrons. The van der Waals surface area contributed by atoms with Crippen LogP contribution in [-0.4, -0.2) is 47.8 Å². The van der Waals surface area contributed by atoms with Crippen LogP contribution in [0, 0.1) is 23.0 Å². The van der Waals surface area contributed by atoms with E-state index in [9.17, 15) is 19.7 Å². The number of carbonyl (C=O) groups is 2. The predicted octanol–water partition coefficient (Wildman–Crippen LogP) is 5.77. The molecule has 9 nitrogen and oxygen atoms in total. The molecule has 1 aromatic heterocycles. The van der Waals surface area contributed by atoms with E-state index in [-0.39, 0.29) is 23.4 Å². The van der Waals surface area contributed by atoms with Gasteiger partial charge in [-0.2, -0.15) is 0 Å². The van der Waals surface area contributed by atoms with Crippen LogP contribution in [0.4, 0.5) is 17.1 Å². The van der Waals surface area contributed by atoms with Gasteiger partial charge in [-0.1, -0.05) is 25.4 Å². The summed E-state index contributed by atoms with van der Waals surface area (Å²) in [6.07, 6.45) is 2.93. The van der Waals surface area contributed by atoms with Crippen LogP contribution in [0.2, 0.25) is 5.02 Å². The smallest absolute Gasteiger partial charge is 0.269 e. The second-order valence-corrected chi connectivity index (χ2v) is 9.85. The van der Waals surface area contributed by atoms with E-state index in [0.29, 0.717) is 54.0 Å². The molecule has 1 fully saturated rings. The number of nitrogens with one attached hydrogen (secondary N) is 1. The number of amides is 2. The first-order chi connectivity index (χ1) is 18.1. The summed E-state index contributed by atoms with van der Waals surface area (Å²) in [5.41, 5.74) is 2.88. The molecular formula is C28H29ClN4O5. The molecule has 4 rings (SSSR count). The van der Waals surface area contributed by atoms with Crippen molar-refractivity contribution < 1.29 is 18.9 Å². The van der Waals surface area contributed by atoms with Crippen LogP contribution in [-0.2, 0) is 9.59 Å². The van der Waals surface area contributed by atoms with Crippen molar-refractivity contribution in [3.63, 3.8) is 0 Å². The molecule has 1 aliphatic heterocycles. The molecule has 0 atom stereocenters. The summed E-state index contributed by atoms with van der Waals surface area (Å²) >= 11 is 6.22. The second kappa shape index (κ2) is 11.5. The van der Waals surface area contributed by atoms with E-state index >= 15 is 0 Å². The van der Waals surface area contributed by atoms with Gasteiger partial charge in [-0.15, -0.1) is 0 Å². The molecule has 3 aromatic rings. The van der Waals surface area contributed by atoms with Crippen molar-refractivity contribution in [2.75, 3.05) is 36.4 Å². The van der Waals surface area contributed by atoms with E-state index in [2.05, 4.69) is 10.2 Å². The number of carbonyl (C=O) groups excluding carboxylic acids is 2. The van der Waals surface area contributed by atoms with Crippen LogP contribution < -0.4 is 10.2 Å². The molecule has 2 heterocycles. The zero-order valence-electron chi connectivity index (χ0n) is 21.4. The standard InChI is InChI=1S/C28H29ClN4O5/c1-18(2)28(35)32-14-12-31(13-15-32)25-9-4-20(29)17-24(25)30-27(34)11-7-22-6-10-26(38-22)23-8-5-21(33(36)37)16-19(23)3/h4-11,16-18H,12-15H2,1-3H3,(H,30,34)/b11-7+. The summed E-state index contributed by atoms with van der Waals surface area (Å²) in [7, 11) is 0. The van der Waals surface area contributed by atoms with Crippen molar-refractivity contribution >= 4 is 46.6 Å². The van der Waals surface area contributed by atoms with Gasteiger partial charge in [0, 0.05) is 60.9 Å². The number of aryl methyl sites for hydroxylation is 1. The van der Waals surface area contributed by atoms with Gasteiger partial charge < -0.3 is 19.5 Å². The highest BCUT2D eigenvalue weighted by atomic mass is 35.5. The average molecular weight is 537 g/mol. The van der Waals surface area contributed by atoms with Crippen LogP contribution in [0.1, 0.15) is 25.2 Å². The van der Waals surface area contributed by atoms with Gasteiger partial charge >= 0.3 is 0 Å². The highest BCUT2D eigenvalue weighted by molar-refractivity contribution is 6.31. The van der Waals surface area contributed by atoms with Gasteiger partial charge in [0.1, 0.15) is 11.5 Å². The third-order valence-corrected chi connectivity index (χ3v) is 6.59. The number of nitro groups is 1. The molecule has 1 N–H and O–H groups in total. The Morgan fingerprint density at radius 2 is 1.82 bits per heavy atom. The number of non-ortho nitro benzene ring substituents is 1. The molecule has 0 radical (unpaired) electrons. The van der Waals surface area contributed by atoms with Crippen molar-refractivity contribution in [3.05, 3.63) is 81.1 Å². The van der Waals surface area contributed by atoms with E-state index in [0.717, 1.165) is 11.3 Å². The monoisotopic (exact) mass is 536 g/mol. The number of anilines is 2. The molecule has 1 aliphatic rings. The van der Waals surface area contributed by atoms with Gasteiger partial charge in [0.2, 0.25) is 11.8 Å². The molecule has 2 amide bonds. The minimum absolute atomic E-state index is 0.0147. The predicted molar refractivity (Wildman–Crippen MR) is 148 cm³/mol. The third-order valence-electron chi connectivity index (χ3n) is 6.35. The SMILES string of the molecule is Cc1cc([N+](=O)[O-])ccc1-c1ccc(/C=C/C(=O)Nc2cc(Cl)ccc2N2CCN(C(=O)C(C)C)CC2)o1. The topological polar surface area (TPSA) is 109 Å². The number of nitrogens with zero attached hydrogens (tertiary/aromatic N) is 3. The summed E-state index contributed by atoms with van der Waals surface area (Å²) in [5.74, 6) is 0.757. The van der Waals surface area contributed by atoms with Gasteiger partial charge in [-0.3, -0.25) is 19.7 Å². The lowest BCUT2D eigenvalue weighted by molar-refractivity contribution is -0.384. The highest BCUT2D eigenvalue weighted by Gasteiger charge is 2.24. The van der Waals surface area contributed by atoms with Crippen molar-refractivity contribution in [1.29, 1.82) is 0 Å². The summed E-state index contributed by atoms with van der Waals surface area (Å²) < 4.78 is 5.84. The Kier molecular flexibility index (Phi) is 8.16. The molecule has 0 saturated carbocycles. The van der Waals surface area contributed by atoms with Crippen molar-refractivity contribution in [3.8, 4) is 11.3 Å². The molecule has 1 saturated heterocycles. The largest absolute Gasteiger partial charge is 0.457 e. The number of piperazine rings is 1. The maximum absolute atomic E-state index is 12.8. The zero-order chi connectivity index (χ0) is 27.4. The first-order valence-corrected chi connectivity index (χ1v) is 12.7. The van der Waals surface area contributed by atoms with E-state index in [1.807, 2.05) is 24.8 Å². The first-order valence-electron chi connectivity index (χ1n) is 12.3. The summed E-state index contributed by atoms with van der Waals surface area (Å²) in [6, 6.07) is 13.4. The fourth-order valence-corrected chi connectivity index (χ4v) is 4.55.